The van der Waals surface area contributed by atoms with Gasteiger partial charge in [-0.2, -0.15) is 0 Å². The molecule has 0 heterocycles. The van der Waals surface area contributed by atoms with Crippen LogP contribution in [0.15, 0.2) is 41.4 Å². The molecule has 1 aromatic carbocycles. The van der Waals surface area contributed by atoms with Crippen LogP contribution in [-0.4, -0.2) is 17.3 Å². The van der Waals surface area contributed by atoms with Crippen LogP contribution in [0.2, 0.25) is 0 Å². The number of benzene rings is 1. The second-order valence-electron chi connectivity index (χ2n) is 7.91. The molecular weight excluding hydrogens is 382 g/mol. The number of carbonyl (C=O) groups excluding carboxylic acids is 2. The van der Waals surface area contributed by atoms with Crippen LogP contribution in [-0.2, 0) is 9.59 Å². The third-order valence-corrected chi connectivity index (χ3v) is 4.27. The standard InChI is InChI=1S/C14H21N.C5H10O.C5H8O.C4H10/c1-5-11(2)10-13(4)15-14-9-7-6-8-12(14)3;2*1-3-4-5(2)6;1-3-4-2/h6-9,11H,5,10H2,1-4H3;3-4H2,1-2H3;3-4H,1-2H3;3-4H2,1-2H3/b;;4-3-;. The number of Topliss-reactive ketones (excluding diaryl/α,β-unsaturated/α-hetero) is 1. The summed E-state index contributed by atoms with van der Waals surface area (Å²) in [5.41, 5.74) is 3.60. The van der Waals surface area contributed by atoms with Gasteiger partial charge in [0.2, 0.25) is 0 Å². The fraction of sp³-hybridized carbons (Fsp3) is 0.607. The van der Waals surface area contributed by atoms with Crippen molar-refractivity contribution in [3.63, 3.8) is 0 Å². The number of para-hydroxylation sites is 1. The smallest absolute Gasteiger partial charge is 0.152 e. The average Bonchev–Trinajstić information content (AvgIpc) is 2.70. The van der Waals surface area contributed by atoms with E-state index in [2.05, 4.69) is 64.7 Å². The molecule has 0 saturated heterocycles. The van der Waals surface area contributed by atoms with Crippen LogP contribution in [0.3, 0.4) is 0 Å². The van der Waals surface area contributed by atoms with Crippen molar-refractivity contribution in [2.45, 2.75) is 108 Å². The molecule has 0 aromatic heterocycles. The molecule has 3 heteroatoms. The van der Waals surface area contributed by atoms with Crippen molar-refractivity contribution in [3.05, 3.63) is 42.0 Å². The van der Waals surface area contributed by atoms with Crippen molar-refractivity contribution < 1.29 is 9.59 Å². The molecule has 3 nitrogen and oxygen atoms in total. The molecule has 0 aliphatic carbocycles. The average molecular weight is 432 g/mol. The molecule has 0 spiro atoms. The molecule has 31 heavy (non-hydrogen) atoms. The van der Waals surface area contributed by atoms with E-state index in [1.807, 2.05) is 19.9 Å². The van der Waals surface area contributed by atoms with E-state index < -0.39 is 0 Å². The van der Waals surface area contributed by atoms with Gasteiger partial charge in [-0.1, -0.05) is 78.2 Å². The molecule has 0 bridgehead atoms. The summed E-state index contributed by atoms with van der Waals surface area (Å²) in [6.07, 6.45) is 9.93. The summed E-state index contributed by atoms with van der Waals surface area (Å²) < 4.78 is 0. The van der Waals surface area contributed by atoms with Crippen molar-refractivity contribution in [2.24, 2.45) is 10.9 Å². The summed E-state index contributed by atoms with van der Waals surface area (Å²) in [6, 6.07) is 8.28. The van der Waals surface area contributed by atoms with Gasteiger partial charge < -0.3 is 4.79 Å². The van der Waals surface area contributed by atoms with Crippen molar-refractivity contribution in [2.75, 3.05) is 0 Å². The predicted octanol–water partition coefficient (Wildman–Crippen LogP) is 8.86. The van der Waals surface area contributed by atoms with Crippen LogP contribution < -0.4 is 0 Å². The molecule has 0 fully saturated rings. The van der Waals surface area contributed by atoms with E-state index in [1.54, 1.807) is 13.0 Å². The summed E-state index contributed by atoms with van der Waals surface area (Å²) in [6.45, 7) is 20.1. The van der Waals surface area contributed by atoms with Crippen LogP contribution in [0.4, 0.5) is 5.69 Å². The summed E-state index contributed by atoms with van der Waals surface area (Å²) in [4.78, 5) is 24.7. The monoisotopic (exact) mass is 431 g/mol. The zero-order chi connectivity index (χ0) is 24.7. The fourth-order valence-electron chi connectivity index (χ4n) is 2.18. The first kappa shape index (κ1) is 33.6. The normalized spacial score (nSPS) is 11.2. The van der Waals surface area contributed by atoms with E-state index in [0.717, 1.165) is 30.9 Å². The van der Waals surface area contributed by atoms with Crippen LogP contribution in [0.1, 0.15) is 106 Å². The summed E-state index contributed by atoms with van der Waals surface area (Å²) >= 11 is 0. The maximum Gasteiger partial charge on any atom is 0.152 e. The molecule has 0 aliphatic heterocycles. The number of unbranched alkanes of at least 4 members (excludes halogenated alkanes) is 1. The molecule has 0 saturated carbocycles. The fourth-order valence-corrected chi connectivity index (χ4v) is 2.18. The number of ketones is 2. The quantitative estimate of drug-likeness (QED) is 0.305. The van der Waals surface area contributed by atoms with E-state index in [-0.39, 0.29) is 11.6 Å². The van der Waals surface area contributed by atoms with Gasteiger partial charge in [-0.25, -0.2) is 0 Å². The molecule has 0 radical (unpaired) electrons. The minimum Gasteiger partial charge on any atom is -0.300 e. The zero-order valence-corrected chi connectivity index (χ0v) is 22.0. The van der Waals surface area contributed by atoms with Crippen molar-refractivity contribution in [3.8, 4) is 0 Å². The molecule has 0 amide bonds. The maximum atomic E-state index is 10.0. The lowest BCUT2D eigenvalue weighted by Gasteiger charge is -2.08. The lowest BCUT2D eigenvalue weighted by atomic mass is 10.0. The van der Waals surface area contributed by atoms with E-state index in [9.17, 15) is 9.59 Å². The number of hydrogen-bond acceptors (Lipinski definition) is 3. The van der Waals surface area contributed by atoms with E-state index in [0.29, 0.717) is 0 Å². The van der Waals surface area contributed by atoms with Gasteiger partial charge in [0.05, 0.1) is 5.69 Å². The molecule has 178 valence electrons. The molecule has 0 N–H and O–H groups in total. The van der Waals surface area contributed by atoms with Crippen molar-refractivity contribution in [1.82, 2.24) is 0 Å². The Morgan fingerprint density at radius 1 is 0.968 bits per heavy atom. The number of carbonyl (C=O) groups is 2. The molecule has 0 aliphatic rings. The Balaban J connectivity index is -0.000000406. The maximum absolute atomic E-state index is 10.0. The van der Waals surface area contributed by atoms with Gasteiger partial charge >= 0.3 is 0 Å². The van der Waals surface area contributed by atoms with Crippen LogP contribution in [0.25, 0.3) is 0 Å². The Bertz CT molecular complexity index is 628. The molecule has 1 atom stereocenters. The minimum atomic E-state index is 0.109. The number of nitrogens with zero attached hydrogens (tertiary/aromatic N) is 1. The van der Waals surface area contributed by atoms with Gasteiger partial charge in [0, 0.05) is 12.1 Å². The van der Waals surface area contributed by atoms with Crippen LogP contribution >= 0.6 is 0 Å². The van der Waals surface area contributed by atoms with Crippen molar-refractivity contribution in [1.29, 1.82) is 0 Å². The highest BCUT2D eigenvalue weighted by Gasteiger charge is 2.02. The first-order valence-electron chi connectivity index (χ1n) is 11.8. The summed E-state index contributed by atoms with van der Waals surface area (Å²) in [7, 11) is 0. The Kier molecular flexibility index (Phi) is 26.3. The number of aryl methyl sites for hydroxylation is 1. The lowest BCUT2D eigenvalue weighted by Crippen LogP contribution is -2.00. The van der Waals surface area contributed by atoms with Gasteiger partial charge in [0.25, 0.3) is 0 Å². The third kappa shape index (κ3) is 28.0. The largest absolute Gasteiger partial charge is 0.300 e. The first-order valence-corrected chi connectivity index (χ1v) is 11.8. The topological polar surface area (TPSA) is 46.5 Å². The number of allylic oxidation sites excluding steroid dienone is 2. The lowest BCUT2D eigenvalue weighted by molar-refractivity contribution is -0.117. The van der Waals surface area contributed by atoms with Gasteiger partial charge in [-0.15, -0.1) is 0 Å². The van der Waals surface area contributed by atoms with E-state index in [1.165, 1.54) is 43.5 Å². The Labute approximate surface area is 193 Å². The summed E-state index contributed by atoms with van der Waals surface area (Å²) in [5, 5.41) is 0. The van der Waals surface area contributed by atoms with Crippen molar-refractivity contribution >= 4 is 23.0 Å². The Hall–Kier alpha value is -2.03. The second-order valence-corrected chi connectivity index (χ2v) is 7.91. The zero-order valence-electron chi connectivity index (χ0n) is 22.0. The van der Waals surface area contributed by atoms with Gasteiger partial charge in [-0.05, 0) is 71.1 Å². The predicted molar refractivity (Wildman–Crippen MR) is 140 cm³/mol. The number of rotatable bonds is 8. The van der Waals surface area contributed by atoms with Gasteiger partial charge in [-0.3, -0.25) is 9.79 Å². The molecule has 1 unspecified atom stereocenters. The molecular formula is C28H49NO2. The Morgan fingerprint density at radius 2 is 1.52 bits per heavy atom. The third-order valence-electron chi connectivity index (χ3n) is 4.27. The summed E-state index contributed by atoms with van der Waals surface area (Å²) in [5.74, 6) is 1.13. The Morgan fingerprint density at radius 3 is 1.81 bits per heavy atom. The highest BCUT2D eigenvalue weighted by Crippen LogP contribution is 2.19. The second kappa shape index (κ2) is 24.2. The van der Waals surface area contributed by atoms with E-state index >= 15 is 0 Å². The highest BCUT2D eigenvalue weighted by atomic mass is 16.1. The minimum absolute atomic E-state index is 0.109. The SMILES string of the molecule is C/C=C\C(C)=O.CCC(C)CC(C)=Nc1ccccc1C.CCCC.CCCC(C)=O. The van der Waals surface area contributed by atoms with Gasteiger partial charge in [0.15, 0.2) is 5.78 Å². The molecule has 1 rings (SSSR count). The number of hydrogen-bond donors (Lipinski definition) is 0. The first-order chi connectivity index (χ1) is 14.6. The van der Waals surface area contributed by atoms with Gasteiger partial charge in [0.1, 0.15) is 5.78 Å². The van der Waals surface area contributed by atoms with E-state index in [4.69, 9.17) is 0 Å². The van der Waals surface area contributed by atoms with Crippen LogP contribution in [0, 0.1) is 12.8 Å². The van der Waals surface area contributed by atoms with Crippen LogP contribution in [0.5, 0.6) is 0 Å². The highest BCUT2D eigenvalue weighted by molar-refractivity contribution is 5.87. The molecule has 1 aromatic rings. The number of aliphatic imine (C=N–C) groups is 1.